The highest BCUT2D eigenvalue weighted by atomic mass is 16.2. The van der Waals surface area contributed by atoms with Gasteiger partial charge < -0.3 is 10.2 Å². The second-order valence-electron chi connectivity index (χ2n) is 9.99. The van der Waals surface area contributed by atoms with Gasteiger partial charge in [-0.3, -0.25) is 19.3 Å². The van der Waals surface area contributed by atoms with Crippen LogP contribution in [0.1, 0.15) is 81.6 Å². The van der Waals surface area contributed by atoms with Crippen LogP contribution >= 0.6 is 0 Å². The van der Waals surface area contributed by atoms with Crippen LogP contribution < -0.4 is 5.32 Å². The lowest BCUT2D eigenvalue weighted by Crippen LogP contribution is -2.46. The van der Waals surface area contributed by atoms with E-state index < -0.39 is 0 Å². The van der Waals surface area contributed by atoms with Crippen molar-refractivity contribution in [3.05, 3.63) is 70.8 Å². The highest BCUT2D eigenvalue weighted by Crippen LogP contribution is 2.27. The van der Waals surface area contributed by atoms with Crippen molar-refractivity contribution in [1.82, 2.24) is 15.1 Å². The molecule has 2 aromatic carbocycles. The molecule has 0 aromatic heterocycles. The predicted molar refractivity (Wildman–Crippen MR) is 131 cm³/mol. The van der Waals surface area contributed by atoms with Gasteiger partial charge in [-0.25, -0.2) is 0 Å². The van der Waals surface area contributed by atoms with E-state index in [1.807, 2.05) is 30.3 Å². The molecule has 2 fully saturated rings. The molecule has 5 rings (SSSR count). The summed E-state index contributed by atoms with van der Waals surface area (Å²) in [6.45, 7) is 3.47. The number of piperidine rings is 1. The number of hydrogen-bond acceptors (Lipinski definition) is 4. The van der Waals surface area contributed by atoms with Crippen molar-refractivity contribution in [2.24, 2.45) is 5.92 Å². The number of nitrogens with zero attached hydrogens (tertiary/aromatic N) is 2. The summed E-state index contributed by atoms with van der Waals surface area (Å²) >= 11 is 0. The molecule has 2 heterocycles. The van der Waals surface area contributed by atoms with Crippen LogP contribution in [-0.4, -0.2) is 53.2 Å². The summed E-state index contributed by atoms with van der Waals surface area (Å²) in [6.07, 6.45) is 8.75. The minimum atomic E-state index is -0.338. The summed E-state index contributed by atoms with van der Waals surface area (Å²) in [5.74, 6) is 0.0268. The maximum Gasteiger partial charge on any atom is 0.261 e. The largest absolute Gasteiger partial charge is 0.349 e. The molecule has 1 saturated heterocycles. The minimum absolute atomic E-state index is 0.148. The number of likely N-dealkylation sites (tertiary alicyclic amines) is 1. The number of hydrogen-bond donors (Lipinski definition) is 1. The van der Waals surface area contributed by atoms with Crippen LogP contribution in [0.3, 0.4) is 0 Å². The molecule has 0 radical (unpaired) electrons. The molecule has 178 valence electrons. The minimum Gasteiger partial charge on any atom is -0.349 e. The second kappa shape index (κ2) is 10.1. The van der Waals surface area contributed by atoms with Crippen LogP contribution in [-0.2, 0) is 6.54 Å². The smallest absolute Gasteiger partial charge is 0.261 e. The van der Waals surface area contributed by atoms with Gasteiger partial charge in [0.05, 0.1) is 17.7 Å². The molecule has 1 aliphatic carbocycles. The lowest BCUT2D eigenvalue weighted by atomic mass is 9.88. The van der Waals surface area contributed by atoms with Gasteiger partial charge in [0.15, 0.2) is 0 Å². The fourth-order valence-corrected chi connectivity index (χ4v) is 5.61. The first-order valence-electron chi connectivity index (χ1n) is 12.7. The van der Waals surface area contributed by atoms with Gasteiger partial charge in [0.25, 0.3) is 17.7 Å². The number of benzene rings is 2. The highest BCUT2D eigenvalue weighted by molar-refractivity contribution is 6.22. The fourth-order valence-electron chi connectivity index (χ4n) is 5.61. The van der Waals surface area contributed by atoms with E-state index in [1.165, 1.54) is 43.5 Å². The van der Waals surface area contributed by atoms with E-state index >= 15 is 0 Å². The topological polar surface area (TPSA) is 69.7 Å². The molecular formula is C28H33N3O3. The average molecular weight is 460 g/mol. The number of nitrogens with one attached hydrogen (secondary N) is 1. The summed E-state index contributed by atoms with van der Waals surface area (Å²) in [4.78, 5) is 42.5. The molecule has 3 amide bonds. The third kappa shape index (κ3) is 4.92. The Bertz CT molecular complexity index is 1050. The summed E-state index contributed by atoms with van der Waals surface area (Å²) in [7, 11) is 0. The molecular weight excluding hydrogens is 426 g/mol. The molecule has 2 aromatic rings. The van der Waals surface area contributed by atoms with E-state index in [0.717, 1.165) is 37.4 Å². The quantitative estimate of drug-likeness (QED) is 0.656. The predicted octanol–water partition coefficient (Wildman–Crippen LogP) is 4.26. The summed E-state index contributed by atoms with van der Waals surface area (Å²) in [5, 5.41) is 3.15. The molecule has 0 spiro atoms. The number of rotatable bonds is 6. The first-order chi connectivity index (χ1) is 16.6. The third-order valence-corrected chi connectivity index (χ3v) is 7.58. The van der Waals surface area contributed by atoms with Crippen molar-refractivity contribution in [1.29, 1.82) is 0 Å². The zero-order chi connectivity index (χ0) is 23.5. The zero-order valence-electron chi connectivity index (χ0n) is 19.7. The van der Waals surface area contributed by atoms with Crippen LogP contribution in [0.4, 0.5) is 0 Å². The van der Waals surface area contributed by atoms with E-state index in [-0.39, 0.29) is 30.3 Å². The lowest BCUT2D eigenvalue weighted by Gasteiger charge is -2.35. The molecule has 0 unspecified atom stereocenters. The maximum absolute atomic E-state index is 12.9. The van der Waals surface area contributed by atoms with Crippen molar-refractivity contribution in [2.75, 3.05) is 19.6 Å². The molecule has 1 N–H and O–H groups in total. The van der Waals surface area contributed by atoms with Gasteiger partial charge in [-0.05, 0) is 55.4 Å². The van der Waals surface area contributed by atoms with Crippen molar-refractivity contribution < 1.29 is 14.4 Å². The molecule has 6 nitrogen and oxygen atoms in total. The molecule has 0 atom stereocenters. The maximum atomic E-state index is 12.9. The van der Waals surface area contributed by atoms with Crippen LogP contribution in [0.5, 0.6) is 0 Å². The van der Waals surface area contributed by atoms with E-state index in [9.17, 15) is 14.4 Å². The van der Waals surface area contributed by atoms with Gasteiger partial charge in [0.2, 0.25) is 0 Å². The summed E-state index contributed by atoms with van der Waals surface area (Å²) in [6, 6.07) is 14.4. The van der Waals surface area contributed by atoms with Crippen molar-refractivity contribution in [2.45, 2.75) is 57.5 Å². The van der Waals surface area contributed by atoms with E-state index in [2.05, 4.69) is 10.2 Å². The molecule has 6 heteroatoms. The molecule has 1 saturated carbocycles. The van der Waals surface area contributed by atoms with Crippen LogP contribution in [0.2, 0.25) is 0 Å². The standard InChI is InChI=1S/C28H33N3O3/c32-26(29-23-13-15-30(16-14-23)18-20-7-3-1-4-8-20)22-11-12-24-25(17-22)28(34)31(27(24)33)19-21-9-5-2-6-10-21/h2,5-6,9-12,17,20,23H,1,3-4,7-8,13-16,18-19H2,(H,29,32). The van der Waals surface area contributed by atoms with Crippen LogP contribution in [0.15, 0.2) is 48.5 Å². The van der Waals surface area contributed by atoms with Gasteiger partial charge in [0.1, 0.15) is 0 Å². The average Bonchev–Trinajstić information content (AvgIpc) is 3.11. The highest BCUT2D eigenvalue weighted by Gasteiger charge is 2.36. The van der Waals surface area contributed by atoms with Crippen molar-refractivity contribution in [3.8, 4) is 0 Å². The monoisotopic (exact) mass is 459 g/mol. The molecule has 3 aliphatic rings. The second-order valence-corrected chi connectivity index (χ2v) is 9.99. The van der Waals surface area contributed by atoms with Gasteiger partial charge in [-0.2, -0.15) is 0 Å². The van der Waals surface area contributed by atoms with Crippen LogP contribution in [0, 0.1) is 5.92 Å². The van der Waals surface area contributed by atoms with Crippen molar-refractivity contribution >= 4 is 17.7 Å². The Balaban J connectivity index is 1.17. The number of amides is 3. The van der Waals surface area contributed by atoms with Gasteiger partial charge >= 0.3 is 0 Å². The van der Waals surface area contributed by atoms with Gasteiger partial charge in [0, 0.05) is 31.2 Å². The Labute approximate surface area is 201 Å². The van der Waals surface area contributed by atoms with Gasteiger partial charge in [-0.1, -0.05) is 49.6 Å². The van der Waals surface area contributed by atoms with E-state index in [1.54, 1.807) is 18.2 Å². The Morgan fingerprint density at radius 3 is 2.29 bits per heavy atom. The number of carbonyl (C=O) groups excluding carboxylic acids is 3. The lowest BCUT2D eigenvalue weighted by molar-refractivity contribution is 0.0642. The van der Waals surface area contributed by atoms with Crippen LogP contribution in [0.25, 0.3) is 0 Å². The van der Waals surface area contributed by atoms with Gasteiger partial charge in [-0.15, -0.1) is 0 Å². The molecule has 0 bridgehead atoms. The zero-order valence-corrected chi connectivity index (χ0v) is 19.7. The number of imide groups is 1. The van der Waals surface area contributed by atoms with E-state index in [4.69, 9.17) is 0 Å². The number of carbonyl (C=O) groups is 3. The van der Waals surface area contributed by atoms with Crippen molar-refractivity contribution in [3.63, 3.8) is 0 Å². The Morgan fingerprint density at radius 1 is 0.853 bits per heavy atom. The van der Waals surface area contributed by atoms with E-state index in [0.29, 0.717) is 16.7 Å². The normalized spacial score (nSPS) is 19.9. The first kappa shape index (κ1) is 22.8. The first-order valence-corrected chi connectivity index (χ1v) is 12.7. The number of fused-ring (bicyclic) bond motifs is 1. The molecule has 2 aliphatic heterocycles. The Morgan fingerprint density at radius 2 is 1.56 bits per heavy atom. The summed E-state index contributed by atoms with van der Waals surface area (Å²) in [5.41, 5.74) is 2.01. The molecule has 34 heavy (non-hydrogen) atoms. The Kier molecular flexibility index (Phi) is 6.77. The Hall–Kier alpha value is -2.99. The summed E-state index contributed by atoms with van der Waals surface area (Å²) < 4.78 is 0. The third-order valence-electron chi connectivity index (χ3n) is 7.58. The SMILES string of the molecule is O=C(NC1CCN(CC2CCCCC2)CC1)c1ccc2c(c1)C(=O)N(Cc1ccccc1)C2=O. The fraction of sp³-hybridized carbons (Fsp3) is 0.464.